The van der Waals surface area contributed by atoms with Crippen LogP contribution in [0.4, 0.5) is 4.79 Å². The van der Waals surface area contributed by atoms with Gasteiger partial charge in [0.2, 0.25) is 0 Å². The zero-order valence-electron chi connectivity index (χ0n) is 14.1. The molecule has 0 atom stereocenters. The van der Waals surface area contributed by atoms with Crippen molar-refractivity contribution in [3.05, 3.63) is 91.0 Å². The second kappa shape index (κ2) is 7.96. The van der Waals surface area contributed by atoms with Gasteiger partial charge >= 0.3 is 148 Å². The first-order chi connectivity index (χ1) is 12.3. The Balaban J connectivity index is 2.26. The van der Waals surface area contributed by atoms with Crippen molar-refractivity contribution < 1.29 is 14.1 Å². The monoisotopic (exact) mass is 352 g/mol. The summed E-state index contributed by atoms with van der Waals surface area (Å²) < 4.78 is 11.2. The molecule has 0 unspecified atom stereocenters. The van der Waals surface area contributed by atoms with Crippen molar-refractivity contribution in [3.8, 4) is 0 Å². The van der Waals surface area contributed by atoms with E-state index < -0.39 is 13.6 Å². The van der Waals surface area contributed by atoms with Crippen LogP contribution in [-0.2, 0) is 9.26 Å². The van der Waals surface area contributed by atoms with Gasteiger partial charge < -0.3 is 0 Å². The summed E-state index contributed by atoms with van der Waals surface area (Å²) >= 11 is 0. The summed E-state index contributed by atoms with van der Waals surface area (Å²) in [6.07, 6.45) is -0.634. The molecule has 0 heterocycles. The molecule has 0 aliphatic carbocycles. The second-order valence-electron chi connectivity index (χ2n) is 5.56. The van der Waals surface area contributed by atoms with Crippen molar-refractivity contribution >= 4 is 29.6 Å². The summed E-state index contributed by atoms with van der Waals surface area (Å²) in [5.74, 6) is 0. The van der Waals surface area contributed by atoms with Gasteiger partial charge in [-0.25, -0.2) is 0 Å². The fraction of sp³-hybridized carbons (Fsp3) is 0.0952. The van der Waals surface area contributed by atoms with Gasteiger partial charge in [0, 0.05) is 0 Å². The normalized spacial score (nSPS) is 11.6. The average Bonchev–Trinajstić information content (AvgIpc) is 2.68. The van der Waals surface area contributed by atoms with Gasteiger partial charge in [-0.3, -0.25) is 0 Å². The molecule has 0 bridgehead atoms. The molecule has 0 aliphatic heterocycles. The van der Waals surface area contributed by atoms with Crippen LogP contribution in [0, 0.1) is 0 Å². The van der Waals surface area contributed by atoms with Crippen LogP contribution >= 0.6 is 7.49 Å². The standard InChI is InChI=1S/C21H21O3P/c1-2-23-21(22)24-25(18-12-6-3-7-13-18,19-14-8-4-9-15-19)20-16-10-5-11-17-20/h3-17,25H,2H2,1H3. The molecule has 3 nitrogen and oxygen atoms in total. The summed E-state index contributed by atoms with van der Waals surface area (Å²) in [6.45, 7) is 2.06. The van der Waals surface area contributed by atoms with Gasteiger partial charge in [0.25, 0.3) is 0 Å². The number of carbonyl (C=O) groups is 1. The molecular formula is C21H21O3P. The van der Waals surface area contributed by atoms with E-state index in [9.17, 15) is 4.79 Å². The van der Waals surface area contributed by atoms with Crippen LogP contribution in [0.1, 0.15) is 6.92 Å². The van der Waals surface area contributed by atoms with E-state index in [0.717, 1.165) is 15.9 Å². The van der Waals surface area contributed by atoms with Gasteiger partial charge in [-0.2, -0.15) is 0 Å². The van der Waals surface area contributed by atoms with Crippen LogP contribution in [0.2, 0.25) is 0 Å². The molecule has 3 rings (SSSR count). The van der Waals surface area contributed by atoms with E-state index in [1.165, 1.54) is 0 Å². The van der Waals surface area contributed by atoms with Crippen LogP contribution in [-0.4, -0.2) is 12.8 Å². The van der Waals surface area contributed by atoms with Crippen LogP contribution in [0.15, 0.2) is 91.0 Å². The number of hydrogen-bond acceptors (Lipinski definition) is 3. The molecule has 0 fully saturated rings. The number of carbonyl (C=O) groups excluding carboxylic acids is 1. The van der Waals surface area contributed by atoms with E-state index in [4.69, 9.17) is 9.26 Å². The Kier molecular flexibility index (Phi) is 5.47. The Labute approximate surface area is 148 Å². The molecule has 25 heavy (non-hydrogen) atoms. The average molecular weight is 352 g/mol. The SMILES string of the molecule is CCOC(=O)O[PH](c1ccccc1)(c1ccccc1)c1ccccc1. The Hall–Kier alpha value is -2.64. The number of benzene rings is 3. The van der Waals surface area contributed by atoms with Crippen molar-refractivity contribution in [2.75, 3.05) is 6.61 Å². The third-order valence-electron chi connectivity index (χ3n) is 4.04. The van der Waals surface area contributed by atoms with Gasteiger partial charge in [0.15, 0.2) is 0 Å². The van der Waals surface area contributed by atoms with E-state index in [1.54, 1.807) is 6.92 Å². The van der Waals surface area contributed by atoms with E-state index in [1.807, 2.05) is 91.0 Å². The maximum atomic E-state index is 12.4. The number of hydrogen-bond donors (Lipinski definition) is 0. The second-order valence-corrected chi connectivity index (χ2v) is 8.86. The van der Waals surface area contributed by atoms with Crippen molar-refractivity contribution in [3.63, 3.8) is 0 Å². The topological polar surface area (TPSA) is 35.5 Å². The molecule has 0 radical (unpaired) electrons. The molecule has 3 aromatic carbocycles. The molecule has 3 aromatic rings. The Bertz CT molecular complexity index is 708. The van der Waals surface area contributed by atoms with Crippen LogP contribution < -0.4 is 15.9 Å². The van der Waals surface area contributed by atoms with E-state index in [-0.39, 0.29) is 6.61 Å². The zero-order valence-corrected chi connectivity index (χ0v) is 15.1. The summed E-state index contributed by atoms with van der Waals surface area (Å²) in [7, 11) is -3.00. The molecule has 4 heteroatoms. The first kappa shape index (κ1) is 17.2. The van der Waals surface area contributed by atoms with Crippen LogP contribution in [0.5, 0.6) is 0 Å². The fourth-order valence-corrected chi connectivity index (χ4v) is 6.62. The quantitative estimate of drug-likeness (QED) is 0.518. The molecule has 128 valence electrons. The third kappa shape index (κ3) is 3.57. The maximum absolute atomic E-state index is 12.4. The molecule has 0 N–H and O–H groups in total. The molecule has 0 aromatic heterocycles. The summed E-state index contributed by atoms with van der Waals surface area (Å²) in [4.78, 5) is 12.4. The predicted octanol–water partition coefficient (Wildman–Crippen LogP) is 3.80. The van der Waals surface area contributed by atoms with E-state index in [2.05, 4.69) is 0 Å². The summed E-state index contributed by atoms with van der Waals surface area (Å²) in [6, 6.07) is 29.8. The Morgan fingerprint density at radius 2 is 1.08 bits per heavy atom. The first-order valence-electron chi connectivity index (χ1n) is 8.29. The van der Waals surface area contributed by atoms with Gasteiger partial charge in [-0.1, -0.05) is 0 Å². The van der Waals surface area contributed by atoms with Crippen molar-refractivity contribution in [2.24, 2.45) is 0 Å². The summed E-state index contributed by atoms with van der Waals surface area (Å²) in [5, 5.41) is 3.00. The minimum absolute atomic E-state index is 0.279. The Morgan fingerprint density at radius 3 is 1.40 bits per heavy atom. The fourth-order valence-electron chi connectivity index (χ4n) is 2.97. The van der Waals surface area contributed by atoms with Crippen molar-refractivity contribution in [2.45, 2.75) is 6.92 Å². The number of rotatable bonds is 5. The summed E-state index contributed by atoms with van der Waals surface area (Å²) in [5.41, 5.74) is 0. The Morgan fingerprint density at radius 1 is 0.720 bits per heavy atom. The minimum atomic E-state index is -3.00. The van der Waals surface area contributed by atoms with Gasteiger partial charge in [-0.05, 0) is 0 Å². The van der Waals surface area contributed by atoms with Crippen LogP contribution in [0.25, 0.3) is 0 Å². The number of ether oxygens (including phenoxy) is 1. The molecule has 0 saturated carbocycles. The third-order valence-corrected chi connectivity index (χ3v) is 7.95. The molecular weight excluding hydrogens is 331 g/mol. The molecule has 0 saturated heterocycles. The van der Waals surface area contributed by atoms with Crippen molar-refractivity contribution in [1.82, 2.24) is 0 Å². The van der Waals surface area contributed by atoms with Crippen molar-refractivity contribution in [1.29, 1.82) is 0 Å². The van der Waals surface area contributed by atoms with Gasteiger partial charge in [-0.15, -0.1) is 0 Å². The van der Waals surface area contributed by atoms with Gasteiger partial charge in [0.05, 0.1) is 0 Å². The predicted molar refractivity (Wildman–Crippen MR) is 105 cm³/mol. The zero-order chi connectivity index (χ0) is 17.5. The van der Waals surface area contributed by atoms with Crippen LogP contribution in [0.3, 0.4) is 0 Å². The van der Waals surface area contributed by atoms with E-state index in [0.29, 0.717) is 0 Å². The van der Waals surface area contributed by atoms with E-state index >= 15 is 0 Å². The van der Waals surface area contributed by atoms with Gasteiger partial charge in [0.1, 0.15) is 0 Å². The molecule has 0 aliphatic rings. The molecule has 0 spiro atoms. The molecule has 0 amide bonds. The first-order valence-corrected chi connectivity index (χ1v) is 10.2.